The first-order valence-electron chi connectivity index (χ1n) is 10.7. The number of ketones is 1. The molecular formula is C22H38O6S. The second-order valence-electron chi connectivity index (χ2n) is 8.75. The molecule has 7 heteroatoms. The highest BCUT2D eigenvalue weighted by Crippen LogP contribution is 2.33. The highest BCUT2D eigenvalue weighted by Gasteiger charge is 2.44. The Morgan fingerprint density at radius 2 is 1.79 bits per heavy atom. The first-order valence-corrected chi connectivity index (χ1v) is 12.5. The average Bonchev–Trinajstić information content (AvgIpc) is 2.87. The first-order chi connectivity index (χ1) is 13.5. The monoisotopic (exact) mass is 430 g/mol. The number of esters is 1. The molecule has 3 unspecified atom stereocenters. The van der Waals surface area contributed by atoms with E-state index in [1.807, 2.05) is 13.8 Å². The van der Waals surface area contributed by atoms with E-state index in [0.717, 1.165) is 38.5 Å². The largest absolute Gasteiger partial charge is 0.469 e. The zero-order valence-corrected chi connectivity index (χ0v) is 19.2. The minimum Gasteiger partial charge on any atom is -0.469 e. The van der Waals surface area contributed by atoms with E-state index in [1.165, 1.54) is 13.2 Å². The van der Waals surface area contributed by atoms with Gasteiger partial charge >= 0.3 is 5.97 Å². The Morgan fingerprint density at radius 3 is 2.41 bits per heavy atom. The van der Waals surface area contributed by atoms with Crippen LogP contribution in [0.4, 0.5) is 0 Å². The minimum absolute atomic E-state index is 0.0241. The van der Waals surface area contributed by atoms with Crippen LogP contribution in [-0.4, -0.2) is 49.5 Å². The Morgan fingerprint density at radius 1 is 1.14 bits per heavy atom. The molecule has 0 aromatic carbocycles. The van der Waals surface area contributed by atoms with Crippen LogP contribution >= 0.6 is 0 Å². The fourth-order valence-corrected chi connectivity index (χ4v) is 6.04. The quantitative estimate of drug-likeness (QED) is 0.272. The fraction of sp³-hybridized carbons (Fsp3) is 0.818. The van der Waals surface area contributed by atoms with E-state index in [2.05, 4.69) is 11.7 Å². The SMILES string of the molecule is CCCCC(C)(C)C(=O)/C=C/C1C(O)CS(=O)(=O)C1CCCCCCC(=O)OC. The number of carbonyl (C=O) groups excluding carboxylic acids is 2. The van der Waals surface area contributed by atoms with Gasteiger partial charge in [0, 0.05) is 17.8 Å². The molecule has 1 heterocycles. The van der Waals surface area contributed by atoms with Crippen molar-refractivity contribution in [1.29, 1.82) is 0 Å². The van der Waals surface area contributed by atoms with Gasteiger partial charge in [0.1, 0.15) is 0 Å². The third-order valence-corrected chi connectivity index (χ3v) is 8.16. The van der Waals surface area contributed by atoms with Crippen molar-refractivity contribution < 1.29 is 27.9 Å². The van der Waals surface area contributed by atoms with Crippen molar-refractivity contribution >= 4 is 21.6 Å². The smallest absolute Gasteiger partial charge is 0.305 e. The predicted molar refractivity (Wildman–Crippen MR) is 114 cm³/mol. The van der Waals surface area contributed by atoms with Gasteiger partial charge < -0.3 is 9.84 Å². The molecular weight excluding hydrogens is 392 g/mol. The molecule has 1 rings (SSSR count). The van der Waals surface area contributed by atoms with Gasteiger partial charge in [-0.05, 0) is 25.3 Å². The Bertz CT molecular complexity index is 665. The lowest BCUT2D eigenvalue weighted by molar-refractivity contribution is -0.140. The maximum absolute atomic E-state index is 12.6. The van der Waals surface area contributed by atoms with Gasteiger partial charge in [0.2, 0.25) is 0 Å². The molecule has 0 aromatic rings. The summed E-state index contributed by atoms with van der Waals surface area (Å²) < 4.78 is 29.5. The van der Waals surface area contributed by atoms with Crippen LogP contribution in [0.3, 0.4) is 0 Å². The highest BCUT2D eigenvalue weighted by molar-refractivity contribution is 7.92. The van der Waals surface area contributed by atoms with E-state index < -0.39 is 32.5 Å². The van der Waals surface area contributed by atoms with E-state index in [1.54, 1.807) is 6.08 Å². The summed E-state index contributed by atoms with van der Waals surface area (Å²) in [5.74, 6) is -1.05. The van der Waals surface area contributed by atoms with Gasteiger partial charge in [0.05, 0.1) is 24.2 Å². The van der Waals surface area contributed by atoms with Crippen LogP contribution in [0.25, 0.3) is 0 Å². The lowest BCUT2D eigenvalue weighted by Gasteiger charge is -2.22. The summed E-state index contributed by atoms with van der Waals surface area (Å²) >= 11 is 0. The lowest BCUT2D eigenvalue weighted by Crippen LogP contribution is -2.26. The van der Waals surface area contributed by atoms with Crippen molar-refractivity contribution in [3.63, 3.8) is 0 Å². The maximum Gasteiger partial charge on any atom is 0.305 e. The lowest BCUT2D eigenvalue weighted by atomic mass is 9.82. The number of ether oxygens (including phenoxy) is 1. The van der Waals surface area contributed by atoms with Gasteiger partial charge in [-0.1, -0.05) is 59.0 Å². The normalized spacial score (nSPS) is 24.1. The van der Waals surface area contributed by atoms with Crippen molar-refractivity contribution in [3.05, 3.63) is 12.2 Å². The molecule has 0 aliphatic carbocycles. The number of allylic oxidation sites excluding steroid dienone is 1. The molecule has 0 aromatic heterocycles. The Balaban J connectivity index is 2.65. The molecule has 0 amide bonds. The van der Waals surface area contributed by atoms with Gasteiger partial charge in [-0.2, -0.15) is 0 Å². The summed E-state index contributed by atoms with van der Waals surface area (Å²) in [6.07, 6.45) is 8.80. The van der Waals surface area contributed by atoms with E-state index >= 15 is 0 Å². The number of rotatable bonds is 13. The summed E-state index contributed by atoms with van der Waals surface area (Å²) in [5.41, 5.74) is -0.482. The fourth-order valence-electron chi connectivity index (χ4n) is 3.82. The molecule has 1 N–H and O–H groups in total. The topological polar surface area (TPSA) is 97.7 Å². The maximum atomic E-state index is 12.6. The third kappa shape index (κ3) is 8.21. The Kier molecular flexibility index (Phi) is 10.5. The number of hydrogen-bond donors (Lipinski definition) is 1. The molecule has 1 fully saturated rings. The van der Waals surface area contributed by atoms with Crippen LogP contribution in [0.1, 0.15) is 78.6 Å². The van der Waals surface area contributed by atoms with E-state index in [9.17, 15) is 23.1 Å². The molecule has 0 spiro atoms. The molecule has 3 atom stereocenters. The molecule has 168 valence electrons. The van der Waals surface area contributed by atoms with Crippen LogP contribution in [0.15, 0.2) is 12.2 Å². The number of aliphatic hydroxyl groups excluding tert-OH is 1. The number of carbonyl (C=O) groups is 2. The zero-order chi connectivity index (χ0) is 22.1. The van der Waals surface area contributed by atoms with Gasteiger partial charge in [0.15, 0.2) is 15.6 Å². The predicted octanol–water partition coefficient (Wildman–Crippen LogP) is 3.62. The van der Waals surface area contributed by atoms with Crippen molar-refractivity contribution in [3.8, 4) is 0 Å². The zero-order valence-electron chi connectivity index (χ0n) is 18.4. The number of sulfone groups is 1. The van der Waals surface area contributed by atoms with Crippen molar-refractivity contribution in [2.75, 3.05) is 12.9 Å². The number of unbranched alkanes of at least 4 members (excludes halogenated alkanes) is 4. The number of hydrogen-bond acceptors (Lipinski definition) is 6. The van der Waals surface area contributed by atoms with Crippen molar-refractivity contribution in [2.24, 2.45) is 11.3 Å². The third-order valence-electron chi connectivity index (χ3n) is 5.88. The molecule has 29 heavy (non-hydrogen) atoms. The Labute approximate surface area is 176 Å². The van der Waals surface area contributed by atoms with Gasteiger partial charge in [-0.3, -0.25) is 9.59 Å². The molecule has 1 aliphatic heterocycles. The summed E-state index contributed by atoms with van der Waals surface area (Å²) in [7, 11) is -2.02. The summed E-state index contributed by atoms with van der Waals surface area (Å²) in [4.78, 5) is 23.7. The molecule has 1 saturated heterocycles. The van der Waals surface area contributed by atoms with Crippen molar-refractivity contribution in [1.82, 2.24) is 0 Å². The molecule has 0 radical (unpaired) electrons. The molecule has 1 aliphatic rings. The summed E-state index contributed by atoms with van der Waals surface area (Å²) in [5, 5.41) is 9.64. The van der Waals surface area contributed by atoms with E-state index in [4.69, 9.17) is 0 Å². The molecule has 0 saturated carbocycles. The van der Waals surface area contributed by atoms with Crippen LogP contribution in [-0.2, 0) is 24.2 Å². The Hall–Kier alpha value is -1.21. The molecule has 6 nitrogen and oxygen atoms in total. The second kappa shape index (κ2) is 11.8. The second-order valence-corrected chi connectivity index (χ2v) is 11.0. The van der Waals surface area contributed by atoms with Crippen molar-refractivity contribution in [2.45, 2.75) is 89.9 Å². The van der Waals surface area contributed by atoms with E-state index in [0.29, 0.717) is 19.3 Å². The molecule has 0 bridgehead atoms. The number of aliphatic hydroxyl groups is 1. The van der Waals surface area contributed by atoms with Crippen LogP contribution < -0.4 is 0 Å². The average molecular weight is 431 g/mol. The van der Waals surface area contributed by atoms with Crippen LogP contribution in [0.2, 0.25) is 0 Å². The van der Waals surface area contributed by atoms with Gasteiger partial charge in [0.25, 0.3) is 0 Å². The van der Waals surface area contributed by atoms with Crippen LogP contribution in [0.5, 0.6) is 0 Å². The number of methoxy groups -OCH3 is 1. The van der Waals surface area contributed by atoms with E-state index in [-0.39, 0.29) is 17.5 Å². The standard InChI is InChI=1S/C22H38O6S/c1-5-6-15-22(2,3)20(24)14-13-17-18(23)16-29(26,27)19(17)11-9-7-8-10-12-21(25)28-4/h13-14,17-19,23H,5-12,15-16H2,1-4H3/b14-13+. The first kappa shape index (κ1) is 25.8. The summed E-state index contributed by atoms with van der Waals surface area (Å²) in [6.45, 7) is 5.89. The van der Waals surface area contributed by atoms with Gasteiger partial charge in [-0.15, -0.1) is 0 Å². The minimum atomic E-state index is -3.38. The summed E-state index contributed by atoms with van der Waals surface area (Å²) in [6, 6.07) is 0. The van der Waals surface area contributed by atoms with Crippen LogP contribution in [0, 0.1) is 11.3 Å². The van der Waals surface area contributed by atoms with Gasteiger partial charge in [-0.25, -0.2) is 8.42 Å². The highest BCUT2D eigenvalue weighted by atomic mass is 32.2.